The number of ether oxygens (including phenoxy) is 3. The zero-order valence-corrected chi connectivity index (χ0v) is 22.0. The number of hydrogen-bond acceptors (Lipinski definition) is 9. The first-order valence-corrected chi connectivity index (χ1v) is 13.9. The zero-order chi connectivity index (χ0) is 28.4. The maximum atomic E-state index is 12.6. The Kier molecular flexibility index (Phi) is 7.48. The average molecular weight is 578 g/mol. The number of phosphoric ester groups is 1. The van der Waals surface area contributed by atoms with E-state index in [4.69, 9.17) is 18.7 Å². The minimum absolute atomic E-state index is 0.160. The molecule has 2 saturated heterocycles. The van der Waals surface area contributed by atoms with Crippen molar-refractivity contribution >= 4 is 36.5 Å². The summed E-state index contributed by atoms with van der Waals surface area (Å²) >= 11 is 0. The number of nitrogens with zero attached hydrogens (tertiary/aromatic N) is 4. The fourth-order valence-electron chi connectivity index (χ4n) is 4.52. The monoisotopic (exact) mass is 578 g/mol. The van der Waals surface area contributed by atoms with Crippen molar-refractivity contribution in [3.05, 3.63) is 78.9 Å². The number of amides is 2. The van der Waals surface area contributed by atoms with Gasteiger partial charge in [-0.15, -0.1) is 0 Å². The standard InChI is InChI=1S/C26H23N6O8P/c33-26(30-17-9-5-2-6-10-17)31-23-20-24(28-14-27-23)32(15-29-20)25-22-21(18(38-25)13-37-41(34,35)36)39-19(40-22)12-11-16-7-3-1-4-8-16/h1-10,14-15,18-19,21-22,25H,13H2,(H2,34,35,36)(H2,27,28,30,31,33)/t18-,19?,21?,22+,25-/m1/s1. The molecule has 0 radical (unpaired) electrons. The highest BCUT2D eigenvalue weighted by Crippen LogP contribution is 2.43. The molecule has 15 heteroatoms. The topological polar surface area (TPSA) is 179 Å². The summed E-state index contributed by atoms with van der Waals surface area (Å²) in [5.41, 5.74) is 1.96. The molecular weight excluding hydrogens is 555 g/mol. The molecule has 210 valence electrons. The number of phosphoric acid groups is 1. The van der Waals surface area contributed by atoms with Gasteiger partial charge < -0.3 is 29.3 Å². The Morgan fingerprint density at radius 3 is 2.46 bits per heavy atom. The first-order chi connectivity index (χ1) is 19.8. The lowest BCUT2D eigenvalue weighted by Gasteiger charge is -2.20. The van der Waals surface area contributed by atoms with Crippen molar-refractivity contribution in [1.82, 2.24) is 19.5 Å². The molecule has 2 fully saturated rings. The summed E-state index contributed by atoms with van der Waals surface area (Å²) in [5.74, 6) is 6.07. The number of benzene rings is 2. The normalized spacial score (nSPS) is 23.5. The maximum absolute atomic E-state index is 12.6. The lowest BCUT2D eigenvalue weighted by molar-refractivity contribution is -0.129. The molecule has 2 unspecified atom stereocenters. The molecule has 0 aliphatic carbocycles. The smallest absolute Gasteiger partial charge is 0.347 e. The van der Waals surface area contributed by atoms with Crippen LogP contribution in [0.1, 0.15) is 11.8 Å². The molecule has 41 heavy (non-hydrogen) atoms. The molecule has 2 aromatic heterocycles. The van der Waals surface area contributed by atoms with Crippen LogP contribution in [0.2, 0.25) is 0 Å². The number of imidazole rings is 1. The number of carbonyl (C=O) groups excluding carboxylic acids is 1. The van der Waals surface area contributed by atoms with E-state index in [1.807, 2.05) is 36.4 Å². The van der Waals surface area contributed by atoms with E-state index in [0.717, 1.165) is 5.56 Å². The molecule has 6 rings (SSSR count). The molecule has 14 nitrogen and oxygen atoms in total. The third-order valence-corrected chi connectivity index (χ3v) is 6.74. The van der Waals surface area contributed by atoms with Gasteiger partial charge in [0, 0.05) is 11.3 Å². The summed E-state index contributed by atoms with van der Waals surface area (Å²) < 4.78 is 35.8. The molecule has 4 heterocycles. The number of hydrogen-bond donors (Lipinski definition) is 4. The van der Waals surface area contributed by atoms with Gasteiger partial charge in [-0.05, 0) is 30.2 Å². The highest BCUT2D eigenvalue weighted by atomic mass is 31.2. The Balaban J connectivity index is 1.25. The first-order valence-electron chi connectivity index (χ1n) is 12.4. The number of rotatable bonds is 6. The van der Waals surface area contributed by atoms with Gasteiger partial charge in [0.05, 0.1) is 12.9 Å². The Bertz CT molecular complexity index is 1650. The highest BCUT2D eigenvalue weighted by Gasteiger charge is 2.54. The van der Waals surface area contributed by atoms with E-state index in [1.165, 1.54) is 12.7 Å². The van der Waals surface area contributed by atoms with Gasteiger partial charge in [-0.25, -0.2) is 24.3 Å². The molecule has 4 N–H and O–H groups in total. The van der Waals surface area contributed by atoms with Gasteiger partial charge in [-0.1, -0.05) is 42.3 Å². The molecule has 2 amide bonds. The van der Waals surface area contributed by atoms with Crippen molar-refractivity contribution in [2.24, 2.45) is 0 Å². The molecule has 0 bridgehead atoms. The van der Waals surface area contributed by atoms with Crippen LogP contribution in [0.5, 0.6) is 0 Å². The lowest BCUT2D eigenvalue weighted by atomic mass is 10.1. The fourth-order valence-corrected chi connectivity index (χ4v) is 4.86. The van der Waals surface area contributed by atoms with Gasteiger partial charge in [-0.3, -0.25) is 14.4 Å². The van der Waals surface area contributed by atoms with Crippen LogP contribution >= 0.6 is 7.82 Å². The van der Waals surface area contributed by atoms with Gasteiger partial charge >= 0.3 is 13.9 Å². The van der Waals surface area contributed by atoms with Crippen LogP contribution < -0.4 is 10.6 Å². The Morgan fingerprint density at radius 1 is 0.976 bits per heavy atom. The number of fused-ring (bicyclic) bond motifs is 2. The number of nitrogens with one attached hydrogen (secondary N) is 2. The Labute approximate surface area is 232 Å². The van der Waals surface area contributed by atoms with E-state index in [2.05, 4.69) is 37.4 Å². The number of para-hydroxylation sites is 1. The fraction of sp³-hybridized carbons (Fsp3) is 0.231. The summed E-state index contributed by atoms with van der Waals surface area (Å²) in [6.07, 6.45) is -1.53. The molecular formula is C26H23N6O8P. The largest absolute Gasteiger partial charge is 0.469 e. The summed E-state index contributed by atoms with van der Waals surface area (Å²) in [7, 11) is -4.78. The molecule has 0 spiro atoms. The third kappa shape index (κ3) is 6.12. The summed E-state index contributed by atoms with van der Waals surface area (Å²) in [6.45, 7) is -0.460. The molecule has 2 aliphatic rings. The van der Waals surface area contributed by atoms with Crippen molar-refractivity contribution in [2.45, 2.75) is 30.8 Å². The van der Waals surface area contributed by atoms with Crippen molar-refractivity contribution in [2.75, 3.05) is 17.2 Å². The lowest BCUT2D eigenvalue weighted by Crippen LogP contribution is -2.31. The van der Waals surface area contributed by atoms with E-state index in [9.17, 15) is 19.1 Å². The predicted molar refractivity (Wildman–Crippen MR) is 143 cm³/mol. The minimum Gasteiger partial charge on any atom is -0.347 e. The second-order valence-electron chi connectivity index (χ2n) is 9.01. The van der Waals surface area contributed by atoms with Gasteiger partial charge in [0.2, 0.25) is 6.29 Å². The molecule has 0 saturated carbocycles. The van der Waals surface area contributed by atoms with E-state index in [-0.39, 0.29) is 11.3 Å². The van der Waals surface area contributed by atoms with Crippen LogP contribution in [0, 0.1) is 11.8 Å². The molecule has 2 aliphatic heterocycles. The quantitative estimate of drug-likeness (QED) is 0.195. The molecule has 2 aromatic carbocycles. The highest BCUT2D eigenvalue weighted by molar-refractivity contribution is 7.46. The third-order valence-electron chi connectivity index (χ3n) is 6.26. The van der Waals surface area contributed by atoms with Crippen LogP contribution in [-0.2, 0) is 23.3 Å². The van der Waals surface area contributed by atoms with Crippen LogP contribution in [0.3, 0.4) is 0 Å². The molecule has 4 aromatic rings. The number of aromatic nitrogens is 4. The summed E-state index contributed by atoms with van der Waals surface area (Å²) in [4.78, 5) is 43.9. The van der Waals surface area contributed by atoms with Crippen LogP contribution in [0.4, 0.5) is 16.3 Å². The van der Waals surface area contributed by atoms with Gasteiger partial charge in [-0.2, -0.15) is 0 Å². The second kappa shape index (κ2) is 11.4. The zero-order valence-electron chi connectivity index (χ0n) is 21.1. The van der Waals surface area contributed by atoms with E-state index < -0.39 is 51.3 Å². The molecule has 5 atom stereocenters. The van der Waals surface area contributed by atoms with E-state index >= 15 is 0 Å². The van der Waals surface area contributed by atoms with Crippen LogP contribution in [0.25, 0.3) is 11.2 Å². The van der Waals surface area contributed by atoms with Crippen LogP contribution in [0.15, 0.2) is 73.3 Å². The summed E-state index contributed by atoms with van der Waals surface area (Å²) in [6, 6.07) is 17.6. The first kappa shape index (κ1) is 27.0. The number of urea groups is 1. The minimum atomic E-state index is -4.78. The van der Waals surface area contributed by atoms with Crippen molar-refractivity contribution in [1.29, 1.82) is 0 Å². The van der Waals surface area contributed by atoms with E-state index in [1.54, 1.807) is 28.8 Å². The number of anilines is 2. The Hall–Kier alpha value is -4.19. The Morgan fingerprint density at radius 2 is 1.71 bits per heavy atom. The van der Waals surface area contributed by atoms with Crippen molar-refractivity contribution in [3.63, 3.8) is 0 Å². The SMILES string of the molecule is O=C(Nc1ccccc1)Nc1ncnc2c1ncn2[C@@H]1O[C@H](COP(=O)(O)O)C2OC(C#Cc3ccccc3)O[C@@H]21. The van der Waals surface area contributed by atoms with Crippen molar-refractivity contribution < 1.29 is 37.9 Å². The average Bonchev–Trinajstić information content (AvgIpc) is 3.66. The predicted octanol–water partition coefficient (Wildman–Crippen LogP) is 2.64. The van der Waals surface area contributed by atoms with Gasteiger partial charge in [0.1, 0.15) is 24.6 Å². The second-order valence-corrected chi connectivity index (χ2v) is 10.3. The van der Waals surface area contributed by atoms with Gasteiger partial charge in [0.25, 0.3) is 0 Å². The number of carbonyl (C=O) groups is 1. The van der Waals surface area contributed by atoms with Crippen molar-refractivity contribution in [3.8, 4) is 11.8 Å². The van der Waals surface area contributed by atoms with Gasteiger partial charge in [0.15, 0.2) is 23.2 Å². The summed E-state index contributed by atoms with van der Waals surface area (Å²) in [5, 5.41) is 5.38. The maximum Gasteiger partial charge on any atom is 0.469 e. The van der Waals surface area contributed by atoms with Crippen LogP contribution in [-0.4, -0.2) is 66.5 Å². The van der Waals surface area contributed by atoms with E-state index in [0.29, 0.717) is 11.3 Å².